The zero-order valence-corrected chi connectivity index (χ0v) is 9.76. The van der Waals surface area contributed by atoms with Crippen molar-refractivity contribution < 1.29 is 4.79 Å². The second-order valence-electron chi connectivity index (χ2n) is 5.73. The molecule has 2 amide bonds. The number of fused-ring (bicyclic) bond motifs is 1. The van der Waals surface area contributed by atoms with Crippen LogP contribution in [-0.2, 0) is 0 Å². The van der Waals surface area contributed by atoms with Gasteiger partial charge in [0, 0.05) is 12.1 Å². The van der Waals surface area contributed by atoms with Gasteiger partial charge in [0.15, 0.2) is 0 Å². The molecule has 2 atom stereocenters. The molecule has 4 nitrogen and oxygen atoms in total. The standard InChI is InChI=1S/C11H21N3O/c1-11(2,3)14-10(15)13-6-9-7-4-12-5-8(7)9/h7-9,12H,4-6H2,1-3H3,(H2,13,14,15). The number of amides is 2. The van der Waals surface area contributed by atoms with E-state index in [9.17, 15) is 4.79 Å². The normalized spacial score (nSPS) is 33.4. The van der Waals surface area contributed by atoms with Crippen LogP contribution in [0.1, 0.15) is 20.8 Å². The van der Waals surface area contributed by atoms with Crippen molar-refractivity contribution in [2.45, 2.75) is 26.3 Å². The first kappa shape index (κ1) is 10.7. The van der Waals surface area contributed by atoms with Gasteiger partial charge in [0.2, 0.25) is 0 Å². The molecule has 0 bridgehead atoms. The van der Waals surface area contributed by atoms with E-state index in [1.165, 1.54) is 0 Å². The maximum absolute atomic E-state index is 11.5. The topological polar surface area (TPSA) is 53.2 Å². The first-order chi connectivity index (χ1) is 6.97. The summed E-state index contributed by atoms with van der Waals surface area (Å²) in [5.74, 6) is 2.36. The van der Waals surface area contributed by atoms with Crippen molar-refractivity contribution in [2.75, 3.05) is 19.6 Å². The third kappa shape index (κ3) is 2.62. The van der Waals surface area contributed by atoms with E-state index in [4.69, 9.17) is 0 Å². The molecular weight excluding hydrogens is 190 g/mol. The number of hydrogen-bond acceptors (Lipinski definition) is 2. The van der Waals surface area contributed by atoms with Crippen LogP contribution < -0.4 is 16.0 Å². The molecule has 0 aromatic rings. The molecule has 1 saturated heterocycles. The van der Waals surface area contributed by atoms with Crippen LogP contribution >= 0.6 is 0 Å². The molecule has 4 heteroatoms. The van der Waals surface area contributed by atoms with Gasteiger partial charge in [0.1, 0.15) is 0 Å². The van der Waals surface area contributed by atoms with E-state index in [-0.39, 0.29) is 11.6 Å². The summed E-state index contributed by atoms with van der Waals surface area (Å²) in [5.41, 5.74) is -0.148. The fourth-order valence-corrected chi connectivity index (χ4v) is 2.44. The van der Waals surface area contributed by atoms with Crippen LogP contribution in [0.25, 0.3) is 0 Å². The van der Waals surface area contributed by atoms with Crippen molar-refractivity contribution in [3.05, 3.63) is 0 Å². The fraction of sp³-hybridized carbons (Fsp3) is 0.909. The highest BCUT2D eigenvalue weighted by molar-refractivity contribution is 5.74. The predicted octanol–water partition coefficient (Wildman–Crippen LogP) is 0.550. The van der Waals surface area contributed by atoms with E-state index in [1.807, 2.05) is 20.8 Å². The Balaban J connectivity index is 1.64. The summed E-state index contributed by atoms with van der Waals surface area (Å²) < 4.78 is 0. The van der Waals surface area contributed by atoms with E-state index in [2.05, 4.69) is 16.0 Å². The van der Waals surface area contributed by atoms with E-state index in [0.717, 1.165) is 37.4 Å². The quantitative estimate of drug-likeness (QED) is 0.625. The number of hydrogen-bond donors (Lipinski definition) is 3. The van der Waals surface area contributed by atoms with Crippen molar-refractivity contribution in [3.8, 4) is 0 Å². The Kier molecular flexibility index (Phi) is 2.63. The number of rotatable bonds is 2. The number of carbonyl (C=O) groups excluding carboxylic acids is 1. The molecular formula is C11H21N3O. The molecule has 0 spiro atoms. The minimum atomic E-state index is -0.148. The molecule has 1 aliphatic heterocycles. The van der Waals surface area contributed by atoms with Gasteiger partial charge >= 0.3 is 6.03 Å². The highest BCUT2D eigenvalue weighted by Gasteiger charge is 2.52. The first-order valence-corrected chi connectivity index (χ1v) is 5.74. The number of nitrogens with one attached hydrogen (secondary N) is 3. The zero-order chi connectivity index (χ0) is 11.1. The Morgan fingerprint density at radius 3 is 2.47 bits per heavy atom. The van der Waals surface area contributed by atoms with Gasteiger partial charge in [-0.3, -0.25) is 0 Å². The van der Waals surface area contributed by atoms with Crippen LogP contribution in [0.15, 0.2) is 0 Å². The number of carbonyl (C=O) groups is 1. The van der Waals surface area contributed by atoms with Crippen molar-refractivity contribution in [1.82, 2.24) is 16.0 Å². The molecule has 2 unspecified atom stereocenters. The van der Waals surface area contributed by atoms with Gasteiger partial charge in [-0.05, 0) is 51.6 Å². The number of urea groups is 1. The second-order valence-corrected chi connectivity index (χ2v) is 5.73. The largest absolute Gasteiger partial charge is 0.338 e. The lowest BCUT2D eigenvalue weighted by Crippen LogP contribution is -2.47. The predicted molar refractivity (Wildman–Crippen MR) is 59.6 cm³/mol. The minimum Gasteiger partial charge on any atom is -0.338 e. The second kappa shape index (κ2) is 3.67. The Labute approximate surface area is 91.2 Å². The van der Waals surface area contributed by atoms with Crippen molar-refractivity contribution in [1.29, 1.82) is 0 Å². The molecule has 3 N–H and O–H groups in total. The van der Waals surface area contributed by atoms with Gasteiger partial charge in [0.05, 0.1) is 0 Å². The Hall–Kier alpha value is -0.770. The van der Waals surface area contributed by atoms with Gasteiger partial charge in [-0.1, -0.05) is 0 Å². The Morgan fingerprint density at radius 2 is 1.93 bits per heavy atom. The highest BCUT2D eigenvalue weighted by Crippen LogP contribution is 2.47. The van der Waals surface area contributed by atoms with Crippen molar-refractivity contribution in [3.63, 3.8) is 0 Å². The molecule has 0 radical (unpaired) electrons. The maximum atomic E-state index is 11.5. The highest BCUT2D eigenvalue weighted by atomic mass is 16.2. The summed E-state index contributed by atoms with van der Waals surface area (Å²) in [6.07, 6.45) is 0. The fourth-order valence-electron chi connectivity index (χ4n) is 2.44. The molecule has 1 heterocycles. The summed E-state index contributed by atoms with van der Waals surface area (Å²) in [5, 5.41) is 9.20. The molecule has 2 fully saturated rings. The van der Waals surface area contributed by atoms with Gasteiger partial charge in [-0.25, -0.2) is 4.79 Å². The van der Waals surface area contributed by atoms with Gasteiger partial charge in [0.25, 0.3) is 0 Å². The third-order valence-electron chi connectivity index (χ3n) is 3.26. The summed E-state index contributed by atoms with van der Waals surface area (Å²) in [6.45, 7) is 9.07. The van der Waals surface area contributed by atoms with Crippen molar-refractivity contribution in [2.24, 2.45) is 17.8 Å². The van der Waals surface area contributed by atoms with E-state index in [0.29, 0.717) is 0 Å². The van der Waals surface area contributed by atoms with Crippen LogP contribution in [0.3, 0.4) is 0 Å². The number of piperidine rings is 1. The maximum Gasteiger partial charge on any atom is 0.315 e. The Morgan fingerprint density at radius 1 is 1.33 bits per heavy atom. The van der Waals surface area contributed by atoms with Crippen LogP contribution in [0.2, 0.25) is 0 Å². The van der Waals surface area contributed by atoms with E-state index < -0.39 is 0 Å². The van der Waals surface area contributed by atoms with E-state index >= 15 is 0 Å². The first-order valence-electron chi connectivity index (χ1n) is 5.74. The summed E-state index contributed by atoms with van der Waals surface area (Å²) in [7, 11) is 0. The van der Waals surface area contributed by atoms with Crippen LogP contribution in [0.4, 0.5) is 4.79 Å². The van der Waals surface area contributed by atoms with Crippen LogP contribution in [-0.4, -0.2) is 31.2 Å². The van der Waals surface area contributed by atoms with E-state index in [1.54, 1.807) is 0 Å². The van der Waals surface area contributed by atoms with Crippen molar-refractivity contribution >= 4 is 6.03 Å². The van der Waals surface area contributed by atoms with Gasteiger partial charge in [-0.15, -0.1) is 0 Å². The summed E-state index contributed by atoms with van der Waals surface area (Å²) in [6, 6.07) is -0.0413. The summed E-state index contributed by atoms with van der Waals surface area (Å²) >= 11 is 0. The molecule has 2 aliphatic rings. The van der Waals surface area contributed by atoms with Gasteiger partial charge in [-0.2, -0.15) is 0 Å². The molecule has 1 aliphatic carbocycles. The Bertz CT molecular complexity index is 249. The molecule has 86 valence electrons. The summed E-state index contributed by atoms with van der Waals surface area (Å²) in [4.78, 5) is 11.5. The molecule has 2 rings (SSSR count). The molecule has 0 aromatic carbocycles. The average molecular weight is 211 g/mol. The lowest BCUT2D eigenvalue weighted by atomic mass is 10.1. The lowest BCUT2D eigenvalue weighted by molar-refractivity contribution is 0.231. The SMILES string of the molecule is CC(C)(C)NC(=O)NCC1C2CNCC21. The molecule has 0 aromatic heterocycles. The van der Waals surface area contributed by atoms with Crippen LogP contribution in [0.5, 0.6) is 0 Å². The monoisotopic (exact) mass is 211 g/mol. The average Bonchev–Trinajstić information content (AvgIpc) is 2.55. The molecule has 15 heavy (non-hydrogen) atoms. The van der Waals surface area contributed by atoms with Gasteiger partial charge < -0.3 is 16.0 Å². The minimum absolute atomic E-state index is 0.0413. The smallest absolute Gasteiger partial charge is 0.315 e. The lowest BCUT2D eigenvalue weighted by Gasteiger charge is -2.20. The third-order valence-corrected chi connectivity index (χ3v) is 3.26. The zero-order valence-electron chi connectivity index (χ0n) is 9.76. The van der Waals surface area contributed by atoms with Crippen LogP contribution in [0, 0.1) is 17.8 Å². The molecule has 1 saturated carbocycles.